The van der Waals surface area contributed by atoms with Crippen LogP contribution in [0.1, 0.15) is 27.7 Å². The van der Waals surface area contributed by atoms with E-state index in [9.17, 15) is 9.90 Å². The van der Waals surface area contributed by atoms with E-state index in [4.69, 9.17) is 5.11 Å². The van der Waals surface area contributed by atoms with Crippen molar-refractivity contribution in [2.24, 2.45) is 0 Å². The Bertz CT molecular complexity index is 528. The molecule has 0 amide bonds. The number of carboxylic acid groups (broad SMARTS) is 1. The van der Waals surface area contributed by atoms with E-state index < -0.39 is 12.1 Å². The zero-order valence-electron chi connectivity index (χ0n) is 8.82. The molecule has 0 bridgehead atoms. The number of hydrogen-bond donors (Lipinski definition) is 2. The van der Waals surface area contributed by atoms with E-state index in [0.29, 0.717) is 5.56 Å². The number of pyridine rings is 2. The molecule has 2 N–H and O–H groups in total. The van der Waals surface area contributed by atoms with Gasteiger partial charge in [-0.25, -0.2) is 4.79 Å². The van der Waals surface area contributed by atoms with Crippen LogP contribution in [0.2, 0.25) is 0 Å². The van der Waals surface area contributed by atoms with E-state index in [-0.39, 0.29) is 11.3 Å². The molecule has 0 fully saturated rings. The Morgan fingerprint density at radius 1 is 1.24 bits per heavy atom. The molecule has 2 aromatic heterocycles. The van der Waals surface area contributed by atoms with Crippen molar-refractivity contribution < 1.29 is 15.0 Å². The average molecular weight is 230 g/mol. The van der Waals surface area contributed by atoms with Crippen molar-refractivity contribution in [3.8, 4) is 0 Å². The molecule has 0 saturated carbocycles. The zero-order valence-corrected chi connectivity index (χ0v) is 8.82. The first-order chi connectivity index (χ1) is 8.20. The van der Waals surface area contributed by atoms with E-state index in [1.807, 2.05) is 0 Å². The molecule has 1 unspecified atom stereocenters. The maximum Gasteiger partial charge on any atom is 0.337 e. The lowest BCUT2D eigenvalue weighted by molar-refractivity contribution is 0.0690. The molecule has 0 aromatic carbocycles. The number of aromatic carboxylic acids is 1. The lowest BCUT2D eigenvalue weighted by Gasteiger charge is -2.11. The topological polar surface area (TPSA) is 83.3 Å². The third-order valence-electron chi connectivity index (χ3n) is 2.33. The summed E-state index contributed by atoms with van der Waals surface area (Å²) in [6, 6.07) is 6.26. The number of carboxylic acids is 1. The monoisotopic (exact) mass is 230 g/mol. The Hall–Kier alpha value is -2.27. The molecule has 2 heterocycles. The van der Waals surface area contributed by atoms with Crippen LogP contribution in [0.15, 0.2) is 42.9 Å². The van der Waals surface area contributed by atoms with Crippen molar-refractivity contribution in [2.75, 3.05) is 0 Å². The third kappa shape index (κ3) is 2.29. The van der Waals surface area contributed by atoms with Gasteiger partial charge in [0, 0.05) is 24.2 Å². The van der Waals surface area contributed by atoms with Gasteiger partial charge in [-0.05, 0) is 18.2 Å². The minimum atomic E-state index is -1.11. The highest BCUT2D eigenvalue weighted by molar-refractivity contribution is 5.89. The van der Waals surface area contributed by atoms with E-state index in [1.54, 1.807) is 18.3 Å². The number of carbonyl (C=O) groups is 1. The van der Waals surface area contributed by atoms with Crippen LogP contribution < -0.4 is 0 Å². The highest BCUT2D eigenvalue weighted by Gasteiger charge is 2.19. The van der Waals surface area contributed by atoms with Gasteiger partial charge in [-0.15, -0.1) is 0 Å². The summed E-state index contributed by atoms with van der Waals surface area (Å²) in [4.78, 5) is 18.8. The van der Waals surface area contributed by atoms with Crippen molar-refractivity contribution in [3.63, 3.8) is 0 Å². The van der Waals surface area contributed by atoms with Crippen molar-refractivity contribution >= 4 is 5.97 Å². The minimum absolute atomic E-state index is 0.0103. The summed E-state index contributed by atoms with van der Waals surface area (Å²) in [5.41, 5.74) is 0.616. The second-order valence-electron chi connectivity index (χ2n) is 3.43. The van der Waals surface area contributed by atoms with Gasteiger partial charge in [-0.3, -0.25) is 9.97 Å². The molecule has 0 spiro atoms. The molecule has 1 atom stereocenters. The smallest absolute Gasteiger partial charge is 0.337 e. The summed E-state index contributed by atoms with van der Waals surface area (Å²) in [5, 5.41) is 19.1. The molecule has 0 aliphatic heterocycles. The van der Waals surface area contributed by atoms with Crippen molar-refractivity contribution in [1.29, 1.82) is 0 Å². The molecular formula is C12H10N2O3. The van der Waals surface area contributed by atoms with Crippen LogP contribution in [-0.4, -0.2) is 26.2 Å². The Balaban J connectivity index is 2.44. The molecule has 86 valence electrons. The van der Waals surface area contributed by atoms with E-state index in [1.165, 1.54) is 24.5 Å². The van der Waals surface area contributed by atoms with Crippen LogP contribution in [0.4, 0.5) is 0 Å². The van der Waals surface area contributed by atoms with Gasteiger partial charge >= 0.3 is 5.97 Å². The Morgan fingerprint density at radius 2 is 2.00 bits per heavy atom. The van der Waals surface area contributed by atoms with Gasteiger partial charge in [0.2, 0.25) is 0 Å². The molecule has 0 radical (unpaired) electrons. The summed E-state index contributed by atoms with van der Waals surface area (Å²) in [6.45, 7) is 0. The molecule has 0 saturated heterocycles. The lowest BCUT2D eigenvalue weighted by Crippen LogP contribution is -2.10. The largest absolute Gasteiger partial charge is 0.478 e. The van der Waals surface area contributed by atoms with Crippen molar-refractivity contribution in [3.05, 3.63) is 59.7 Å². The fourth-order valence-corrected chi connectivity index (χ4v) is 1.51. The number of aliphatic hydroxyl groups excluding tert-OH is 1. The second kappa shape index (κ2) is 4.71. The quantitative estimate of drug-likeness (QED) is 0.829. The van der Waals surface area contributed by atoms with Gasteiger partial charge < -0.3 is 10.2 Å². The summed E-state index contributed by atoms with van der Waals surface area (Å²) in [7, 11) is 0. The van der Waals surface area contributed by atoms with Gasteiger partial charge in [-0.1, -0.05) is 6.07 Å². The van der Waals surface area contributed by atoms with Crippen LogP contribution in [-0.2, 0) is 0 Å². The fraction of sp³-hybridized carbons (Fsp3) is 0.0833. The summed E-state index contributed by atoms with van der Waals surface area (Å²) in [6.07, 6.45) is 3.41. The maximum absolute atomic E-state index is 11.0. The number of hydrogen-bond acceptors (Lipinski definition) is 4. The zero-order chi connectivity index (χ0) is 12.3. The van der Waals surface area contributed by atoms with Crippen LogP contribution >= 0.6 is 0 Å². The Labute approximate surface area is 97.4 Å². The van der Waals surface area contributed by atoms with Gasteiger partial charge in [0.15, 0.2) is 0 Å². The molecule has 2 rings (SSSR count). The molecule has 5 heteroatoms. The van der Waals surface area contributed by atoms with E-state index >= 15 is 0 Å². The van der Waals surface area contributed by atoms with Gasteiger partial charge in [0.05, 0.1) is 11.3 Å². The van der Waals surface area contributed by atoms with Gasteiger partial charge in [0.25, 0.3) is 0 Å². The first kappa shape index (κ1) is 11.2. The SMILES string of the molecule is O=C(O)c1cccnc1C(O)c1cccnc1. The minimum Gasteiger partial charge on any atom is -0.478 e. The summed E-state index contributed by atoms with van der Waals surface area (Å²) in [5.74, 6) is -1.11. The molecular weight excluding hydrogens is 220 g/mol. The number of aromatic nitrogens is 2. The Kier molecular flexibility index (Phi) is 3.11. The second-order valence-corrected chi connectivity index (χ2v) is 3.43. The van der Waals surface area contributed by atoms with E-state index in [0.717, 1.165) is 0 Å². The predicted octanol–water partition coefficient (Wildman–Crippen LogP) is 1.26. The first-order valence-electron chi connectivity index (χ1n) is 4.96. The Morgan fingerprint density at radius 3 is 2.65 bits per heavy atom. The molecule has 0 aliphatic rings. The summed E-state index contributed by atoms with van der Waals surface area (Å²) >= 11 is 0. The fourth-order valence-electron chi connectivity index (χ4n) is 1.51. The average Bonchev–Trinajstić information content (AvgIpc) is 2.39. The van der Waals surface area contributed by atoms with Crippen molar-refractivity contribution in [2.45, 2.75) is 6.10 Å². The van der Waals surface area contributed by atoms with E-state index in [2.05, 4.69) is 9.97 Å². The van der Waals surface area contributed by atoms with Gasteiger partial charge in [0.1, 0.15) is 6.10 Å². The number of nitrogens with zero attached hydrogens (tertiary/aromatic N) is 2. The van der Waals surface area contributed by atoms with Crippen LogP contribution in [0.5, 0.6) is 0 Å². The highest BCUT2D eigenvalue weighted by atomic mass is 16.4. The predicted molar refractivity (Wildman–Crippen MR) is 59.5 cm³/mol. The highest BCUT2D eigenvalue weighted by Crippen LogP contribution is 2.22. The molecule has 0 aliphatic carbocycles. The lowest BCUT2D eigenvalue weighted by atomic mass is 10.0. The maximum atomic E-state index is 11.0. The first-order valence-corrected chi connectivity index (χ1v) is 4.96. The van der Waals surface area contributed by atoms with Crippen LogP contribution in [0.3, 0.4) is 0 Å². The summed E-state index contributed by atoms with van der Waals surface area (Å²) < 4.78 is 0. The standard InChI is InChI=1S/C12H10N2O3/c15-11(8-3-1-5-13-7-8)10-9(12(16)17)4-2-6-14-10/h1-7,11,15H,(H,16,17). The third-order valence-corrected chi connectivity index (χ3v) is 2.33. The molecule has 2 aromatic rings. The number of rotatable bonds is 3. The molecule has 5 nitrogen and oxygen atoms in total. The van der Waals surface area contributed by atoms with Crippen molar-refractivity contribution in [1.82, 2.24) is 9.97 Å². The normalized spacial score (nSPS) is 12.1. The van der Waals surface area contributed by atoms with Gasteiger partial charge in [-0.2, -0.15) is 0 Å². The van der Waals surface area contributed by atoms with Crippen LogP contribution in [0.25, 0.3) is 0 Å². The number of aliphatic hydroxyl groups is 1. The van der Waals surface area contributed by atoms with Crippen LogP contribution in [0, 0.1) is 0 Å². The molecule has 17 heavy (non-hydrogen) atoms.